The average molecular weight is 200 g/mol. The van der Waals surface area contributed by atoms with E-state index in [1.165, 1.54) is 5.69 Å². The maximum absolute atomic E-state index is 4.21. The van der Waals surface area contributed by atoms with Gasteiger partial charge in [-0.2, -0.15) is 0 Å². The topological polar surface area (TPSA) is 42.7 Å². The zero-order valence-electron chi connectivity index (χ0n) is 8.35. The van der Waals surface area contributed by atoms with E-state index in [0.29, 0.717) is 0 Å². The zero-order chi connectivity index (χ0) is 10.1. The summed E-state index contributed by atoms with van der Waals surface area (Å²) < 4.78 is 1.92. The lowest BCUT2D eigenvalue weighted by molar-refractivity contribution is 0.613. The molecule has 0 aliphatic carbocycles. The summed E-state index contributed by atoms with van der Waals surface area (Å²) in [6.45, 7) is 1.86. The van der Waals surface area contributed by atoms with Gasteiger partial charge < -0.3 is 5.32 Å². The van der Waals surface area contributed by atoms with Crippen LogP contribution < -0.4 is 5.32 Å². The SMILES string of the molecule is c1ccc(-n2nnc3c2CNCC3)cc1. The van der Waals surface area contributed by atoms with Crippen LogP contribution in [-0.4, -0.2) is 21.5 Å². The molecule has 1 aromatic carbocycles. The number of rotatable bonds is 1. The van der Waals surface area contributed by atoms with Crippen LogP contribution in [0.4, 0.5) is 0 Å². The Labute approximate surface area is 87.9 Å². The molecule has 1 aliphatic rings. The maximum atomic E-state index is 4.21. The summed E-state index contributed by atoms with van der Waals surface area (Å²) in [7, 11) is 0. The quantitative estimate of drug-likeness (QED) is 0.744. The second-order valence-corrected chi connectivity index (χ2v) is 3.66. The molecule has 15 heavy (non-hydrogen) atoms. The van der Waals surface area contributed by atoms with Gasteiger partial charge in [-0.1, -0.05) is 23.4 Å². The Balaban J connectivity index is 2.09. The molecule has 0 unspecified atom stereocenters. The first-order valence-electron chi connectivity index (χ1n) is 5.15. The Hall–Kier alpha value is -1.68. The van der Waals surface area contributed by atoms with Gasteiger partial charge >= 0.3 is 0 Å². The maximum Gasteiger partial charge on any atom is 0.0889 e. The first kappa shape index (κ1) is 8.61. The summed E-state index contributed by atoms with van der Waals surface area (Å²) in [5, 5.41) is 11.7. The van der Waals surface area contributed by atoms with Crippen molar-refractivity contribution in [2.75, 3.05) is 6.54 Å². The molecular weight excluding hydrogens is 188 g/mol. The number of fused-ring (bicyclic) bond motifs is 1. The number of hydrogen-bond acceptors (Lipinski definition) is 3. The number of benzene rings is 1. The van der Waals surface area contributed by atoms with Crippen LogP contribution in [0, 0.1) is 0 Å². The number of nitrogens with zero attached hydrogens (tertiary/aromatic N) is 3. The predicted molar refractivity (Wildman–Crippen MR) is 56.8 cm³/mol. The van der Waals surface area contributed by atoms with Gasteiger partial charge in [-0.3, -0.25) is 0 Å². The van der Waals surface area contributed by atoms with E-state index < -0.39 is 0 Å². The van der Waals surface area contributed by atoms with Crippen molar-refractivity contribution in [1.82, 2.24) is 20.3 Å². The Morgan fingerprint density at radius 3 is 2.93 bits per heavy atom. The Morgan fingerprint density at radius 1 is 1.20 bits per heavy atom. The lowest BCUT2D eigenvalue weighted by atomic mass is 10.2. The van der Waals surface area contributed by atoms with E-state index in [4.69, 9.17) is 0 Å². The molecule has 76 valence electrons. The summed E-state index contributed by atoms with van der Waals surface area (Å²) in [4.78, 5) is 0. The first-order valence-corrected chi connectivity index (χ1v) is 5.15. The van der Waals surface area contributed by atoms with Crippen molar-refractivity contribution in [2.24, 2.45) is 0 Å². The van der Waals surface area contributed by atoms with Gasteiger partial charge in [-0.25, -0.2) is 4.68 Å². The van der Waals surface area contributed by atoms with E-state index in [1.807, 2.05) is 35.0 Å². The van der Waals surface area contributed by atoms with Gasteiger partial charge in [0.2, 0.25) is 0 Å². The summed E-state index contributed by atoms with van der Waals surface area (Å²) in [5.41, 5.74) is 3.39. The van der Waals surface area contributed by atoms with Crippen molar-refractivity contribution in [1.29, 1.82) is 0 Å². The van der Waals surface area contributed by atoms with E-state index in [2.05, 4.69) is 15.6 Å². The van der Waals surface area contributed by atoms with Gasteiger partial charge in [0.05, 0.1) is 17.1 Å². The predicted octanol–water partition coefficient (Wildman–Crippen LogP) is 0.913. The van der Waals surface area contributed by atoms with Crippen LogP contribution in [0.15, 0.2) is 30.3 Å². The van der Waals surface area contributed by atoms with Gasteiger partial charge in [-0.15, -0.1) is 5.10 Å². The number of aromatic nitrogens is 3. The Kier molecular flexibility index (Phi) is 1.99. The van der Waals surface area contributed by atoms with Crippen LogP contribution in [0.5, 0.6) is 0 Å². The van der Waals surface area contributed by atoms with Gasteiger partial charge in [0, 0.05) is 19.5 Å². The third-order valence-corrected chi connectivity index (χ3v) is 2.68. The number of nitrogens with one attached hydrogen (secondary N) is 1. The van der Waals surface area contributed by atoms with Gasteiger partial charge in [0.25, 0.3) is 0 Å². The fourth-order valence-corrected chi connectivity index (χ4v) is 1.89. The highest BCUT2D eigenvalue weighted by Gasteiger charge is 2.16. The third-order valence-electron chi connectivity index (χ3n) is 2.68. The molecule has 0 radical (unpaired) electrons. The minimum Gasteiger partial charge on any atom is -0.311 e. The smallest absolute Gasteiger partial charge is 0.0889 e. The molecule has 4 heteroatoms. The van der Waals surface area contributed by atoms with Crippen molar-refractivity contribution in [3.05, 3.63) is 41.7 Å². The fraction of sp³-hybridized carbons (Fsp3) is 0.273. The number of hydrogen-bond donors (Lipinski definition) is 1. The van der Waals surface area contributed by atoms with Gasteiger partial charge in [0.15, 0.2) is 0 Å². The molecule has 0 saturated carbocycles. The fourth-order valence-electron chi connectivity index (χ4n) is 1.89. The zero-order valence-corrected chi connectivity index (χ0v) is 8.35. The number of para-hydroxylation sites is 1. The lowest BCUT2D eigenvalue weighted by Gasteiger charge is -2.13. The minimum atomic E-state index is 0.858. The van der Waals surface area contributed by atoms with E-state index in [0.717, 1.165) is 30.9 Å². The average Bonchev–Trinajstić information content (AvgIpc) is 2.74. The van der Waals surface area contributed by atoms with Crippen molar-refractivity contribution in [3.63, 3.8) is 0 Å². The molecular formula is C11H12N4. The highest BCUT2D eigenvalue weighted by Crippen LogP contribution is 2.15. The van der Waals surface area contributed by atoms with Crippen LogP contribution in [-0.2, 0) is 13.0 Å². The van der Waals surface area contributed by atoms with E-state index >= 15 is 0 Å². The molecule has 0 fully saturated rings. The molecule has 1 N–H and O–H groups in total. The monoisotopic (exact) mass is 200 g/mol. The van der Waals surface area contributed by atoms with E-state index in [9.17, 15) is 0 Å². The largest absolute Gasteiger partial charge is 0.311 e. The molecule has 4 nitrogen and oxygen atoms in total. The van der Waals surface area contributed by atoms with Crippen LogP contribution >= 0.6 is 0 Å². The molecule has 0 spiro atoms. The highest BCUT2D eigenvalue weighted by molar-refractivity contribution is 5.33. The van der Waals surface area contributed by atoms with Crippen LogP contribution in [0.25, 0.3) is 5.69 Å². The lowest BCUT2D eigenvalue weighted by Crippen LogP contribution is -2.25. The summed E-state index contributed by atoms with van der Waals surface area (Å²) >= 11 is 0. The molecule has 0 atom stereocenters. The van der Waals surface area contributed by atoms with Crippen molar-refractivity contribution >= 4 is 0 Å². The van der Waals surface area contributed by atoms with Crippen molar-refractivity contribution in [3.8, 4) is 5.69 Å². The molecule has 3 rings (SSSR count). The highest BCUT2D eigenvalue weighted by atomic mass is 15.4. The third kappa shape index (κ3) is 1.43. The molecule has 2 aromatic rings. The molecule has 0 saturated heterocycles. The molecule has 1 aromatic heterocycles. The molecule has 0 bridgehead atoms. The molecule has 1 aliphatic heterocycles. The van der Waals surface area contributed by atoms with E-state index in [-0.39, 0.29) is 0 Å². The van der Waals surface area contributed by atoms with Crippen LogP contribution in [0.3, 0.4) is 0 Å². The standard InChI is InChI=1S/C11H12N4/c1-2-4-9(5-3-1)15-11-8-12-7-6-10(11)13-14-15/h1-5,12H,6-8H2. The Bertz CT molecular complexity index is 461. The van der Waals surface area contributed by atoms with Crippen LogP contribution in [0.2, 0.25) is 0 Å². The summed E-state index contributed by atoms with van der Waals surface area (Å²) in [6.07, 6.45) is 0.974. The van der Waals surface area contributed by atoms with Gasteiger partial charge in [-0.05, 0) is 12.1 Å². The van der Waals surface area contributed by atoms with Gasteiger partial charge in [0.1, 0.15) is 0 Å². The second-order valence-electron chi connectivity index (χ2n) is 3.66. The van der Waals surface area contributed by atoms with E-state index in [1.54, 1.807) is 0 Å². The van der Waals surface area contributed by atoms with Crippen molar-refractivity contribution in [2.45, 2.75) is 13.0 Å². The first-order chi connectivity index (χ1) is 7.45. The minimum absolute atomic E-state index is 0.858. The van der Waals surface area contributed by atoms with Crippen LogP contribution in [0.1, 0.15) is 11.4 Å². The normalized spacial score (nSPS) is 14.9. The Morgan fingerprint density at radius 2 is 2.07 bits per heavy atom. The summed E-state index contributed by atoms with van der Waals surface area (Å²) in [5.74, 6) is 0. The van der Waals surface area contributed by atoms with Crippen molar-refractivity contribution < 1.29 is 0 Å². The molecule has 0 amide bonds. The second kappa shape index (κ2) is 3.47. The molecule has 2 heterocycles. The summed E-state index contributed by atoms with van der Waals surface area (Å²) in [6, 6.07) is 10.1.